The molecule has 8 nitrogen and oxygen atoms in total. The van der Waals surface area contributed by atoms with Gasteiger partial charge in [-0.05, 0) is 64.2 Å². The van der Waals surface area contributed by atoms with Gasteiger partial charge in [-0.3, -0.25) is 0 Å². The van der Waals surface area contributed by atoms with Gasteiger partial charge in [-0.25, -0.2) is 0 Å². The summed E-state index contributed by atoms with van der Waals surface area (Å²) >= 11 is 0. The van der Waals surface area contributed by atoms with Crippen LogP contribution in [-0.4, -0.2) is 90.9 Å². The average Bonchev–Trinajstić information content (AvgIpc) is 3.66. The zero-order chi connectivity index (χ0) is 22.1. The minimum atomic E-state index is -0.0526. The largest absolute Gasteiger partial charge is 0.379 e. The van der Waals surface area contributed by atoms with Crippen molar-refractivity contribution >= 4 is 0 Å². The summed E-state index contributed by atoms with van der Waals surface area (Å²) in [4.78, 5) is 0. The molecule has 188 valence electrons. The van der Waals surface area contributed by atoms with Crippen LogP contribution >= 0.6 is 0 Å². The molecule has 4 unspecified atom stereocenters. The van der Waals surface area contributed by atoms with Crippen LogP contribution in [0.5, 0.6) is 0 Å². The molecule has 3 rings (SSSR count). The van der Waals surface area contributed by atoms with Crippen molar-refractivity contribution in [3.05, 3.63) is 0 Å². The number of hydrogen-bond acceptors (Lipinski definition) is 8. The Labute approximate surface area is 193 Å². The second-order valence-corrected chi connectivity index (χ2v) is 8.81. The van der Waals surface area contributed by atoms with E-state index in [-0.39, 0.29) is 24.8 Å². The third-order valence-electron chi connectivity index (χ3n) is 5.77. The lowest BCUT2D eigenvalue weighted by molar-refractivity contribution is -0.163. The first-order chi connectivity index (χ1) is 15.9. The lowest BCUT2D eigenvalue weighted by Crippen LogP contribution is -2.27. The Morgan fingerprint density at radius 3 is 1.84 bits per heavy atom. The molecule has 3 aliphatic rings. The molecular weight excluding hydrogens is 416 g/mol. The van der Waals surface area contributed by atoms with E-state index in [1.807, 2.05) is 0 Å². The van der Waals surface area contributed by atoms with Crippen LogP contribution in [0.2, 0.25) is 0 Å². The van der Waals surface area contributed by atoms with E-state index in [9.17, 15) is 0 Å². The summed E-state index contributed by atoms with van der Waals surface area (Å²) in [5, 5.41) is 0. The highest BCUT2D eigenvalue weighted by Gasteiger charge is 2.23. The van der Waals surface area contributed by atoms with Gasteiger partial charge in [0.25, 0.3) is 0 Å². The molecule has 3 aliphatic heterocycles. The van der Waals surface area contributed by atoms with Crippen LogP contribution in [-0.2, 0) is 37.9 Å². The van der Waals surface area contributed by atoms with Gasteiger partial charge in [-0.1, -0.05) is 0 Å². The number of unbranched alkanes of at least 4 members (excludes halogenated alkanes) is 2. The van der Waals surface area contributed by atoms with Crippen LogP contribution in [0.25, 0.3) is 0 Å². The number of ether oxygens (including phenoxy) is 8. The number of epoxide rings is 1. The Morgan fingerprint density at radius 2 is 1.25 bits per heavy atom. The Hall–Kier alpha value is -0.320. The van der Waals surface area contributed by atoms with Crippen molar-refractivity contribution in [2.24, 2.45) is 0 Å². The summed E-state index contributed by atoms with van der Waals surface area (Å²) < 4.78 is 45.5. The minimum absolute atomic E-state index is 0.00404. The lowest BCUT2D eigenvalue weighted by Gasteiger charge is -2.23. The van der Waals surface area contributed by atoms with E-state index >= 15 is 0 Å². The molecule has 0 bridgehead atoms. The third kappa shape index (κ3) is 12.8. The molecule has 0 spiro atoms. The predicted molar refractivity (Wildman–Crippen MR) is 119 cm³/mol. The Bertz CT molecular complexity index is 436. The van der Waals surface area contributed by atoms with Crippen LogP contribution in [0.3, 0.4) is 0 Å². The fraction of sp³-hybridized carbons (Fsp3) is 1.00. The van der Waals surface area contributed by atoms with Crippen molar-refractivity contribution in [1.29, 1.82) is 0 Å². The molecule has 32 heavy (non-hydrogen) atoms. The van der Waals surface area contributed by atoms with Crippen molar-refractivity contribution in [2.75, 3.05) is 66.1 Å². The van der Waals surface area contributed by atoms with Crippen molar-refractivity contribution in [1.82, 2.24) is 0 Å². The molecule has 0 aliphatic carbocycles. The van der Waals surface area contributed by atoms with Gasteiger partial charge in [-0.15, -0.1) is 0 Å². The molecule has 3 heterocycles. The van der Waals surface area contributed by atoms with E-state index in [1.165, 1.54) is 12.8 Å². The number of hydrogen-bond donors (Lipinski definition) is 0. The predicted octanol–water partition coefficient (Wildman–Crippen LogP) is 3.45. The van der Waals surface area contributed by atoms with Gasteiger partial charge in [-0.2, -0.15) is 0 Å². The summed E-state index contributed by atoms with van der Waals surface area (Å²) in [6, 6.07) is 0. The maximum Gasteiger partial charge on any atom is 0.157 e. The van der Waals surface area contributed by atoms with Gasteiger partial charge in [0.05, 0.1) is 26.4 Å². The number of rotatable bonds is 19. The van der Waals surface area contributed by atoms with Crippen LogP contribution < -0.4 is 0 Å². The van der Waals surface area contributed by atoms with Gasteiger partial charge in [0, 0.05) is 39.6 Å². The molecule has 3 fully saturated rings. The molecular formula is C24H44O8. The fourth-order valence-electron chi connectivity index (χ4n) is 3.73. The fourth-order valence-corrected chi connectivity index (χ4v) is 3.73. The first-order valence-electron chi connectivity index (χ1n) is 12.8. The maximum absolute atomic E-state index is 6.02. The van der Waals surface area contributed by atoms with Gasteiger partial charge in [0.1, 0.15) is 12.2 Å². The molecule has 8 heteroatoms. The Morgan fingerprint density at radius 1 is 0.656 bits per heavy atom. The lowest BCUT2D eigenvalue weighted by atomic mass is 10.2. The summed E-state index contributed by atoms with van der Waals surface area (Å²) in [7, 11) is 0. The van der Waals surface area contributed by atoms with E-state index in [0.29, 0.717) is 33.0 Å². The summed E-state index contributed by atoms with van der Waals surface area (Å²) in [5.41, 5.74) is 0. The van der Waals surface area contributed by atoms with Crippen molar-refractivity contribution in [3.8, 4) is 0 Å². The molecule has 0 amide bonds. The maximum atomic E-state index is 6.02. The standard InChI is InChI=1S/C24H44O8/c1-3-13-28-23(9-1)30-15-6-5-11-25-17-21(18-26-19-22-20-32-22)27-12-7-8-16-31-24-10-2-4-14-29-24/h21-24H,1-20H2. The first kappa shape index (κ1) is 26.3. The molecule has 0 N–H and O–H groups in total. The second-order valence-electron chi connectivity index (χ2n) is 8.81. The topological polar surface area (TPSA) is 77.1 Å². The average molecular weight is 461 g/mol. The monoisotopic (exact) mass is 460 g/mol. The minimum Gasteiger partial charge on any atom is -0.379 e. The highest BCUT2D eigenvalue weighted by atomic mass is 16.7. The van der Waals surface area contributed by atoms with Crippen molar-refractivity contribution in [2.45, 2.75) is 89.0 Å². The van der Waals surface area contributed by atoms with Gasteiger partial charge in [0.15, 0.2) is 12.6 Å². The van der Waals surface area contributed by atoms with E-state index < -0.39 is 0 Å². The van der Waals surface area contributed by atoms with E-state index in [1.54, 1.807) is 0 Å². The zero-order valence-corrected chi connectivity index (χ0v) is 19.7. The summed E-state index contributed by atoms with van der Waals surface area (Å²) in [6.07, 6.45) is 10.8. The molecule has 0 radical (unpaired) electrons. The van der Waals surface area contributed by atoms with Crippen molar-refractivity contribution < 1.29 is 37.9 Å². The SMILES string of the molecule is C(CCOC1CCCCO1)COCC(COCC1CO1)OCCCCOC1CCCCO1. The highest BCUT2D eigenvalue weighted by Crippen LogP contribution is 2.15. The van der Waals surface area contributed by atoms with E-state index in [4.69, 9.17) is 37.9 Å². The van der Waals surface area contributed by atoms with Gasteiger partial charge >= 0.3 is 0 Å². The quantitative estimate of drug-likeness (QED) is 0.214. The highest BCUT2D eigenvalue weighted by molar-refractivity contribution is 4.68. The molecule has 0 aromatic rings. The van der Waals surface area contributed by atoms with Crippen LogP contribution in [0.4, 0.5) is 0 Å². The summed E-state index contributed by atoms with van der Waals surface area (Å²) in [5.74, 6) is 0. The zero-order valence-electron chi connectivity index (χ0n) is 19.7. The normalized spacial score (nSPS) is 26.8. The smallest absolute Gasteiger partial charge is 0.157 e. The van der Waals surface area contributed by atoms with Crippen LogP contribution in [0.1, 0.15) is 64.2 Å². The second kappa shape index (κ2) is 17.2. The van der Waals surface area contributed by atoms with Crippen LogP contribution in [0, 0.1) is 0 Å². The molecule has 0 aromatic heterocycles. The first-order valence-corrected chi connectivity index (χ1v) is 12.8. The van der Waals surface area contributed by atoms with Gasteiger partial charge in [0.2, 0.25) is 0 Å². The Kier molecular flexibility index (Phi) is 14.1. The van der Waals surface area contributed by atoms with Gasteiger partial charge < -0.3 is 37.9 Å². The van der Waals surface area contributed by atoms with E-state index in [0.717, 1.165) is 84.4 Å². The molecule has 4 atom stereocenters. The van der Waals surface area contributed by atoms with Crippen LogP contribution in [0.15, 0.2) is 0 Å². The molecule has 0 aromatic carbocycles. The van der Waals surface area contributed by atoms with Crippen molar-refractivity contribution in [3.63, 3.8) is 0 Å². The van der Waals surface area contributed by atoms with E-state index in [2.05, 4.69) is 0 Å². The Balaban J connectivity index is 1.16. The molecule has 0 saturated carbocycles. The third-order valence-corrected chi connectivity index (χ3v) is 5.77. The molecule has 3 saturated heterocycles. The summed E-state index contributed by atoms with van der Waals surface area (Å²) in [6.45, 7) is 7.01.